The zero-order valence-corrected chi connectivity index (χ0v) is 22.8. The van der Waals surface area contributed by atoms with Crippen LogP contribution in [0.3, 0.4) is 0 Å². The molecule has 8 nitrogen and oxygen atoms in total. The number of hydrogen-bond donors (Lipinski definition) is 1. The second kappa shape index (κ2) is 12.8. The molecule has 0 spiro atoms. The number of ether oxygens (including phenoxy) is 2. The smallest absolute Gasteiger partial charge is 0.416 e. The van der Waals surface area contributed by atoms with Crippen LogP contribution in [0.1, 0.15) is 52.7 Å². The van der Waals surface area contributed by atoms with E-state index < -0.39 is 17.3 Å². The van der Waals surface area contributed by atoms with Crippen molar-refractivity contribution < 1.29 is 32.2 Å². The van der Waals surface area contributed by atoms with Crippen molar-refractivity contribution in [2.45, 2.75) is 65.5 Å². The van der Waals surface area contributed by atoms with Crippen molar-refractivity contribution in [3.63, 3.8) is 0 Å². The van der Waals surface area contributed by atoms with Gasteiger partial charge in [0.25, 0.3) is 0 Å². The van der Waals surface area contributed by atoms with Gasteiger partial charge in [-0.3, -0.25) is 4.90 Å². The quantitative estimate of drug-likeness (QED) is 0.603. The summed E-state index contributed by atoms with van der Waals surface area (Å²) in [6.45, 7) is 17.3. The van der Waals surface area contributed by atoms with Crippen molar-refractivity contribution in [2.24, 2.45) is 0 Å². The van der Waals surface area contributed by atoms with Crippen LogP contribution < -0.4 is 5.32 Å². The van der Waals surface area contributed by atoms with Crippen LogP contribution in [0.2, 0.25) is 0 Å². The van der Waals surface area contributed by atoms with Crippen LogP contribution >= 0.6 is 0 Å². The van der Waals surface area contributed by atoms with Gasteiger partial charge in [0.2, 0.25) is 0 Å². The van der Waals surface area contributed by atoms with Gasteiger partial charge in [-0.15, -0.1) is 0 Å². The van der Waals surface area contributed by atoms with Gasteiger partial charge in [-0.25, -0.2) is 9.59 Å². The first-order chi connectivity index (χ1) is 17.0. The molecule has 2 saturated heterocycles. The van der Waals surface area contributed by atoms with Gasteiger partial charge < -0.3 is 24.6 Å². The highest BCUT2D eigenvalue weighted by Gasteiger charge is 2.30. The third kappa shape index (κ3) is 11.6. The molecule has 1 N–H and O–H groups in total. The third-order valence-electron chi connectivity index (χ3n) is 5.48. The minimum Gasteiger partial charge on any atom is -0.444 e. The highest BCUT2D eigenvalue weighted by Crippen LogP contribution is 2.29. The Hall–Kier alpha value is -2.53. The molecular formula is C26H41F3N4O4. The van der Waals surface area contributed by atoms with Crippen molar-refractivity contribution >= 4 is 12.2 Å². The van der Waals surface area contributed by atoms with E-state index >= 15 is 0 Å². The molecule has 2 aliphatic heterocycles. The fraction of sp³-hybridized carbons (Fsp3) is 0.692. The monoisotopic (exact) mass is 530 g/mol. The first-order valence-corrected chi connectivity index (χ1v) is 12.6. The van der Waals surface area contributed by atoms with Gasteiger partial charge >= 0.3 is 18.4 Å². The second-order valence-electron chi connectivity index (χ2n) is 11.2. The number of hydrogen-bond acceptors (Lipinski definition) is 6. The van der Waals surface area contributed by atoms with Gasteiger partial charge in [-0.2, -0.15) is 13.2 Å². The van der Waals surface area contributed by atoms with Gasteiger partial charge in [-0.1, -0.05) is 12.1 Å². The van der Waals surface area contributed by atoms with Crippen LogP contribution in [-0.4, -0.2) is 90.4 Å². The molecule has 0 saturated carbocycles. The molecule has 210 valence electrons. The fourth-order valence-electron chi connectivity index (χ4n) is 3.65. The Morgan fingerprint density at radius 2 is 1.19 bits per heavy atom. The number of halogens is 3. The minimum absolute atomic E-state index is 0.200. The van der Waals surface area contributed by atoms with E-state index in [1.54, 1.807) is 9.80 Å². The number of benzene rings is 1. The maximum absolute atomic E-state index is 12.6. The normalized spacial score (nSPS) is 17.5. The number of alkyl halides is 3. The molecule has 0 unspecified atom stereocenters. The van der Waals surface area contributed by atoms with Gasteiger partial charge in [-0.05, 0) is 59.2 Å². The Morgan fingerprint density at radius 3 is 1.59 bits per heavy atom. The van der Waals surface area contributed by atoms with E-state index in [0.717, 1.165) is 43.9 Å². The van der Waals surface area contributed by atoms with Crippen LogP contribution in [0, 0.1) is 0 Å². The van der Waals surface area contributed by atoms with Crippen LogP contribution in [-0.2, 0) is 22.2 Å². The topological polar surface area (TPSA) is 74.4 Å². The summed E-state index contributed by atoms with van der Waals surface area (Å²) in [4.78, 5) is 29.0. The Balaban J connectivity index is 0.000000312. The summed E-state index contributed by atoms with van der Waals surface area (Å²) in [7, 11) is 0. The van der Waals surface area contributed by atoms with E-state index in [1.807, 2.05) is 41.5 Å². The van der Waals surface area contributed by atoms with Crippen molar-refractivity contribution in [3.05, 3.63) is 35.4 Å². The summed E-state index contributed by atoms with van der Waals surface area (Å²) in [6.07, 6.45) is -4.83. The molecule has 1 aromatic carbocycles. The molecule has 1 aromatic rings. The number of carbonyl (C=O) groups excluding carboxylic acids is 2. The molecule has 0 radical (unpaired) electrons. The van der Waals surface area contributed by atoms with E-state index in [-0.39, 0.29) is 17.8 Å². The number of carbonyl (C=O) groups is 2. The molecule has 3 rings (SSSR count). The SMILES string of the molecule is CC(C)(C)OC(=O)N1CCN(Cc2ccc(C(F)(F)F)cc2)CC1.CC(C)(C)OC(=O)N1CCNCC1. The summed E-state index contributed by atoms with van der Waals surface area (Å²) in [6, 6.07) is 5.21. The molecule has 0 atom stereocenters. The summed E-state index contributed by atoms with van der Waals surface area (Å²) in [5, 5.41) is 3.18. The van der Waals surface area contributed by atoms with Crippen molar-refractivity contribution in [1.29, 1.82) is 0 Å². The van der Waals surface area contributed by atoms with E-state index in [0.29, 0.717) is 32.7 Å². The van der Waals surface area contributed by atoms with Gasteiger partial charge in [0, 0.05) is 58.9 Å². The van der Waals surface area contributed by atoms with Crippen molar-refractivity contribution in [2.75, 3.05) is 52.4 Å². The highest BCUT2D eigenvalue weighted by molar-refractivity contribution is 5.68. The van der Waals surface area contributed by atoms with E-state index in [4.69, 9.17) is 9.47 Å². The lowest BCUT2D eigenvalue weighted by Gasteiger charge is -2.35. The molecule has 0 bridgehead atoms. The van der Waals surface area contributed by atoms with Gasteiger partial charge in [0.1, 0.15) is 11.2 Å². The van der Waals surface area contributed by atoms with Crippen molar-refractivity contribution in [1.82, 2.24) is 20.0 Å². The van der Waals surface area contributed by atoms with E-state index in [9.17, 15) is 22.8 Å². The average Bonchev–Trinajstić information content (AvgIpc) is 2.78. The van der Waals surface area contributed by atoms with Crippen LogP contribution in [0.25, 0.3) is 0 Å². The predicted molar refractivity (Wildman–Crippen MR) is 135 cm³/mol. The summed E-state index contributed by atoms with van der Waals surface area (Å²) < 4.78 is 48.2. The number of piperazine rings is 2. The lowest BCUT2D eigenvalue weighted by atomic mass is 10.1. The maximum atomic E-state index is 12.6. The fourth-order valence-corrected chi connectivity index (χ4v) is 3.65. The van der Waals surface area contributed by atoms with Crippen LogP contribution in [0.5, 0.6) is 0 Å². The summed E-state index contributed by atoms with van der Waals surface area (Å²) >= 11 is 0. The number of nitrogens with zero attached hydrogens (tertiary/aromatic N) is 3. The first-order valence-electron chi connectivity index (χ1n) is 12.6. The highest BCUT2D eigenvalue weighted by atomic mass is 19.4. The standard InChI is InChI=1S/C17H23F3N2O2.C9H18N2O2/c1-16(2,3)24-15(23)22-10-8-21(9-11-22)12-13-4-6-14(7-5-13)17(18,19)20;1-9(2,3)13-8(12)11-6-4-10-5-7-11/h4-7H,8-12H2,1-3H3;10H,4-7H2,1-3H3. The zero-order chi connectivity index (χ0) is 27.9. The molecule has 0 aromatic heterocycles. The second-order valence-corrected chi connectivity index (χ2v) is 11.2. The summed E-state index contributed by atoms with van der Waals surface area (Å²) in [5.41, 5.74) is -0.717. The Labute approximate surface area is 218 Å². The van der Waals surface area contributed by atoms with Gasteiger partial charge in [0.15, 0.2) is 0 Å². The van der Waals surface area contributed by atoms with E-state index in [1.165, 1.54) is 12.1 Å². The van der Waals surface area contributed by atoms with Gasteiger partial charge in [0.05, 0.1) is 5.56 Å². The molecule has 2 aliphatic rings. The summed E-state index contributed by atoms with van der Waals surface area (Å²) in [5.74, 6) is 0. The minimum atomic E-state index is -4.31. The van der Waals surface area contributed by atoms with Crippen LogP contribution in [0.15, 0.2) is 24.3 Å². The maximum Gasteiger partial charge on any atom is 0.416 e. The molecule has 37 heavy (non-hydrogen) atoms. The number of nitrogens with one attached hydrogen (secondary N) is 1. The largest absolute Gasteiger partial charge is 0.444 e. The lowest BCUT2D eigenvalue weighted by Crippen LogP contribution is -2.49. The molecule has 2 amide bonds. The first kappa shape index (κ1) is 30.7. The van der Waals surface area contributed by atoms with E-state index in [2.05, 4.69) is 10.2 Å². The Bertz CT molecular complexity index is 866. The average molecular weight is 531 g/mol. The van der Waals surface area contributed by atoms with Crippen LogP contribution in [0.4, 0.5) is 22.8 Å². The number of amides is 2. The zero-order valence-electron chi connectivity index (χ0n) is 22.8. The molecule has 2 fully saturated rings. The van der Waals surface area contributed by atoms with Crippen molar-refractivity contribution in [3.8, 4) is 0 Å². The number of rotatable bonds is 2. The molecular weight excluding hydrogens is 489 g/mol. The lowest BCUT2D eigenvalue weighted by molar-refractivity contribution is -0.137. The Kier molecular flexibility index (Phi) is 10.6. The predicted octanol–water partition coefficient (Wildman–Crippen LogP) is 4.58. The molecule has 11 heteroatoms. The Morgan fingerprint density at radius 1 is 0.757 bits per heavy atom. The third-order valence-corrected chi connectivity index (χ3v) is 5.48. The molecule has 2 heterocycles. The molecule has 0 aliphatic carbocycles.